The number of halogens is 1. The van der Waals surface area contributed by atoms with Crippen molar-refractivity contribution in [3.8, 4) is 5.75 Å². The molecule has 0 aliphatic rings. The Balaban J connectivity index is 2.10. The molecular formula is C13H13ClN4O2. The average molecular weight is 293 g/mol. The first-order valence-electron chi connectivity index (χ1n) is 5.77. The number of aryl methyl sites for hydroxylation is 1. The summed E-state index contributed by atoms with van der Waals surface area (Å²) in [5.74, 6) is 0.772. The van der Waals surface area contributed by atoms with Crippen LogP contribution < -0.4 is 15.7 Å². The highest BCUT2D eigenvalue weighted by molar-refractivity contribution is 6.32. The van der Waals surface area contributed by atoms with E-state index in [0.29, 0.717) is 5.69 Å². The van der Waals surface area contributed by atoms with E-state index in [1.165, 1.54) is 13.2 Å². The summed E-state index contributed by atoms with van der Waals surface area (Å²) in [5, 5.41) is 7.92. The summed E-state index contributed by atoms with van der Waals surface area (Å²) in [6.07, 6.45) is 3.04. The molecule has 0 aliphatic heterocycles. The van der Waals surface area contributed by atoms with Gasteiger partial charge in [-0.15, -0.1) is 0 Å². The Bertz CT molecular complexity index is 680. The van der Waals surface area contributed by atoms with Crippen molar-refractivity contribution in [2.45, 2.75) is 0 Å². The normalized spacial score (nSPS) is 10.8. The first-order chi connectivity index (χ1) is 9.61. The lowest BCUT2D eigenvalue weighted by Gasteiger charge is -2.03. The van der Waals surface area contributed by atoms with E-state index in [1.807, 2.05) is 24.3 Å². The fourth-order valence-electron chi connectivity index (χ4n) is 1.45. The average Bonchev–Trinajstić information content (AvgIpc) is 2.48. The van der Waals surface area contributed by atoms with Crippen LogP contribution in [-0.2, 0) is 7.05 Å². The van der Waals surface area contributed by atoms with Gasteiger partial charge >= 0.3 is 0 Å². The topological polar surface area (TPSA) is 68.5 Å². The van der Waals surface area contributed by atoms with Crippen molar-refractivity contribution in [1.29, 1.82) is 0 Å². The van der Waals surface area contributed by atoms with Crippen LogP contribution in [0.15, 0.2) is 40.4 Å². The molecule has 1 aromatic carbocycles. The lowest BCUT2D eigenvalue weighted by atomic mass is 10.2. The molecule has 1 heterocycles. The molecule has 6 nitrogen and oxygen atoms in total. The van der Waals surface area contributed by atoms with Gasteiger partial charge in [0.05, 0.1) is 19.5 Å². The van der Waals surface area contributed by atoms with Gasteiger partial charge in [-0.3, -0.25) is 10.2 Å². The summed E-state index contributed by atoms with van der Waals surface area (Å²) in [7, 11) is 3.13. The molecule has 0 aliphatic carbocycles. The van der Waals surface area contributed by atoms with Crippen molar-refractivity contribution in [2.75, 3.05) is 12.5 Å². The number of methoxy groups -OCH3 is 1. The van der Waals surface area contributed by atoms with Crippen LogP contribution in [0.1, 0.15) is 5.56 Å². The third-order valence-corrected chi connectivity index (χ3v) is 2.96. The minimum Gasteiger partial charge on any atom is -0.497 e. The third kappa shape index (κ3) is 3.16. The molecule has 0 saturated carbocycles. The fourth-order valence-corrected chi connectivity index (χ4v) is 1.67. The maximum Gasteiger partial charge on any atom is 0.287 e. The molecule has 0 amide bonds. The van der Waals surface area contributed by atoms with Crippen molar-refractivity contribution < 1.29 is 4.74 Å². The van der Waals surface area contributed by atoms with Crippen LogP contribution in [0.4, 0.5) is 5.69 Å². The fraction of sp³-hybridized carbons (Fsp3) is 0.154. The molecule has 0 spiro atoms. The highest BCUT2D eigenvalue weighted by Gasteiger charge is 2.05. The molecule has 0 radical (unpaired) electrons. The molecule has 0 bridgehead atoms. The Morgan fingerprint density at radius 1 is 1.40 bits per heavy atom. The molecule has 0 fully saturated rings. The van der Waals surface area contributed by atoms with E-state index in [4.69, 9.17) is 16.3 Å². The van der Waals surface area contributed by atoms with Gasteiger partial charge in [-0.25, -0.2) is 4.68 Å². The van der Waals surface area contributed by atoms with E-state index >= 15 is 0 Å². The summed E-state index contributed by atoms with van der Waals surface area (Å²) in [5.41, 5.74) is 3.55. The second-order valence-corrected chi connectivity index (χ2v) is 4.32. The number of hydrazone groups is 1. The SMILES string of the molecule is COc1ccc(/C=N\Nc2cnn(C)c(=O)c2Cl)cc1. The minimum absolute atomic E-state index is 0.0504. The monoisotopic (exact) mass is 292 g/mol. The minimum atomic E-state index is -0.378. The number of anilines is 1. The predicted molar refractivity (Wildman–Crippen MR) is 78.7 cm³/mol. The number of rotatable bonds is 4. The number of ether oxygens (including phenoxy) is 1. The number of nitrogens with zero attached hydrogens (tertiary/aromatic N) is 3. The highest BCUT2D eigenvalue weighted by Crippen LogP contribution is 2.15. The maximum absolute atomic E-state index is 11.6. The van der Waals surface area contributed by atoms with Gasteiger partial charge in [-0.05, 0) is 29.8 Å². The zero-order chi connectivity index (χ0) is 14.5. The largest absolute Gasteiger partial charge is 0.497 e. The molecule has 0 atom stereocenters. The van der Waals surface area contributed by atoms with Crippen molar-refractivity contribution in [3.05, 3.63) is 51.4 Å². The van der Waals surface area contributed by atoms with E-state index in [-0.39, 0.29) is 10.6 Å². The van der Waals surface area contributed by atoms with E-state index in [1.54, 1.807) is 13.3 Å². The molecule has 1 aromatic heterocycles. The van der Waals surface area contributed by atoms with E-state index in [9.17, 15) is 4.79 Å². The van der Waals surface area contributed by atoms with E-state index in [2.05, 4.69) is 15.6 Å². The van der Waals surface area contributed by atoms with E-state index in [0.717, 1.165) is 16.0 Å². The molecule has 0 unspecified atom stereocenters. The third-order valence-electron chi connectivity index (χ3n) is 2.59. The molecule has 7 heteroatoms. The van der Waals surface area contributed by atoms with Gasteiger partial charge in [0.25, 0.3) is 5.56 Å². The first kappa shape index (κ1) is 14.1. The maximum atomic E-state index is 11.6. The van der Waals surface area contributed by atoms with Gasteiger partial charge in [0, 0.05) is 7.05 Å². The number of benzene rings is 1. The van der Waals surface area contributed by atoms with Gasteiger partial charge in [0.15, 0.2) is 0 Å². The lowest BCUT2D eigenvalue weighted by molar-refractivity contribution is 0.415. The van der Waals surface area contributed by atoms with Crippen LogP contribution in [0, 0.1) is 0 Å². The second kappa shape index (κ2) is 6.21. The zero-order valence-corrected chi connectivity index (χ0v) is 11.8. The summed E-state index contributed by atoms with van der Waals surface area (Å²) < 4.78 is 6.21. The van der Waals surface area contributed by atoms with Gasteiger partial charge in [-0.1, -0.05) is 11.6 Å². The van der Waals surface area contributed by atoms with Gasteiger partial charge < -0.3 is 4.74 Å². The molecule has 2 rings (SSSR count). The van der Waals surface area contributed by atoms with Crippen LogP contribution in [-0.4, -0.2) is 23.1 Å². The molecular weight excluding hydrogens is 280 g/mol. The van der Waals surface area contributed by atoms with Crippen molar-refractivity contribution in [3.63, 3.8) is 0 Å². The number of hydrogen-bond acceptors (Lipinski definition) is 5. The van der Waals surface area contributed by atoms with Crippen LogP contribution in [0.3, 0.4) is 0 Å². The Kier molecular flexibility index (Phi) is 4.37. The first-order valence-corrected chi connectivity index (χ1v) is 6.14. The Morgan fingerprint density at radius 3 is 2.75 bits per heavy atom. The molecule has 104 valence electrons. The van der Waals surface area contributed by atoms with E-state index < -0.39 is 0 Å². The molecule has 1 N–H and O–H groups in total. The smallest absolute Gasteiger partial charge is 0.287 e. The number of aromatic nitrogens is 2. The van der Waals surface area contributed by atoms with Crippen molar-refractivity contribution in [1.82, 2.24) is 9.78 Å². The zero-order valence-electron chi connectivity index (χ0n) is 11.0. The highest BCUT2D eigenvalue weighted by atomic mass is 35.5. The van der Waals surface area contributed by atoms with Crippen molar-refractivity contribution in [2.24, 2.45) is 12.1 Å². The number of nitrogens with one attached hydrogen (secondary N) is 1. The summed E-state index contributed by atoms with van der Waals surface area (Å²) in [6.45, 7) is 0. The summed E-state index contributed by atoms with van der Waals surface area (Å²) in [6, 6.07) is 7.37. The Hall–Kier alpha value is -2.34. The van der Waals surface area contributed by atoms with Crippen LogP contribution >= 0.6 is 11.6 Å². The van der Waals surface area contributed by atoms with Crippen LogP contribution in [0.5, 0.6) is 5.75 Å². The quantitative estimate of drug-likeness (QED) is 0.690. The van der Waals surface area contributed by atoms with Crippen molar-refractivity contribution >= 4 is 23.5 Å². The lowest BCUT2D eigenvalue weighted by Crippen LogP contribution is -2.20. The number of hydrogen-bond donors (Lipinski definition) is 1. The van der Waals surface area contributed by atoms with Crippen LogP contribution in [0.2, 0.25) is 5.02 Å². The predicted octanol–water partition coefficient (Wildman–Crippen LogP) is 1.89. The van der Waals surface area contributed by atoms with Crippen LogP contribution in [0.25, 0.3) is 0 Å². The Labute approximate surface area is 120 Å². The van der Waals surface area contributed by atoms with Gasteiger partial charge in [-0.2, -0.15) is 10.2 Å². The standard InChI is InChI=1S/C13H13ClN4O2/c1-18-13(19)12(14)11(8-16-18)17-15-7-9-3-5-10(20-2)6-4-9/h3-8,17H,1-2H3/b15-7-. The summed E-state index contributed by atoms with van der Waals surface area (Å²) in [4.78, 5) is 11.6. The molecule has 20 heavy (non-hydrogen) atoms. The molecule has 0 saturated heterocycles. The van der Waals surface area contributed by atoms with Gasteiger partial charge in [0.2, 0.25) is 0 Å². The summed E-state index contributed by atoms with van der Waals surface area (Å²) >= 11 is 5.89. The molecule has 2 aromatic rings. The second-order valence-electron chi connectivity index (χ2n) is 3.94. The Morgan fingerprint density at radius 2 is 2.10 bits per heavy atom. The van der Waals surface area contributed by atoms with Gasteiger partial charge in [0.1, 0.15) is 16.5 Å².